The second-order valence-electron chi connectivity index (χ2n) is 10.8. The monoisotopic (exact) mass is 569 g/mol. The number of benzene rings is 3. The molecule has 0 aromatic heterocycles. The molecule has 2 N–H and O–H groups in total. The first-order valence-corrected chi connectivity index (χ1v) is 14.3. The number of carbonyl (C=O) groups is 1. The highest BCUT2D eigenvalue weighted by Crippen LogP contribution is 2.41. The summed E-state index contributed by atoms with van der Waals surface area (Å²) in [6.07, 6.45) is 2.96. The number of piperidine rings is 1. The molecule has 0 spiro atoms. The molecule has 2 aliphatic rings. The number of aliphatic carboxylic acids is 1. The number of fused-ring (bicyclic) bond motifs is 1. The first kappa shape index (κ1) is 30.6. The quantitative estimate of drug-likeness (QED) is 0.299. The highest BCUT2D eigenvalue weighted by Gasteiger charge is 2.41. The lowest BCUT2D eigenvalue weighted by Crippen LogP contribution is -2.44. The van der Waals surface area contributed by atoms with Gasteiger partial charge in [0.1, 0.15) is 11.4 Å². The van der Waals surface area contributed by atoms with Crippen LogP contribution < -0.4 is 4.74 Å². The second kappa shape index (κ2) is 14.0. The number of halogens is 3. The minimum Gasteiger partial charge on any atom is -0.494 e. The predicted octanol–water partition coefficient (Wildman–Crippen LogP) is 6.62. The van der Waals surface area contributed by atoms with Crippen molar-refractivity contribution >= 4 is 5.97 Å². The molecule has 1 aliphatic heterocycles. The van der Waals surface area contributed by atoms with E-state index in [1.165, 1.54) is 36.8 Å². The summed E-state index contributed by atoms with van der Waals surface area (Å²) >= 11 is 0. The summed E-state index contributed by atoms with van der Waals surface area (Å²) < 4.78 is 37.8. The molecule has 41 heavy (non-hydrogen) atoms. The highest BCUT2D eigenvalue weighted by atomic mass is 19.4. The molecule has 0 atom stereocenters. The van der Waals surface area contributed by atoms with E-state index in [0.717, 1.165) is 62.4 Å². The fourth-order valence-corrected chi connectivity index (χ4v) is 5.87. The molecule has 1 saturated heterocycles. The first-order valence-electron chi connectivity index (χ1n) is 14.3. The van der Waals surface area contributed by atoms with Gasteiger partial charge in [0.25, 0.3) is 0 Å². The minimum absolute atomic E-state index is 0.209. The number of rotatable bonds is 8. The lowest BCUT2D eigenvalue weighted by molar-refractivity contribution is -0.192. The van der Waals surface area contributed by atoms with Crippen LogP contribution in [0.4, 0.5) is 13.2 Å². The van der Waals surface area contributed by atoms with Crippen LogP contribution in [0.15, 0.2) is 78.9 Å². The largest absolute Gasteiger partial charge is 0.494 e. The van der Waals surface area contributed by atoms with Gasteiger partial charge in [0.2, 0.25) is 0 Å². The van der Waals surface area contributed by atoms with E-state index < -0.39 is 17.7 Å². The Hall–Kier alpha value is -3.36. The summed E-state index contributed by atoms with van der Waals surface area (Å²) in [5.41, 5.74) is 4.04. The molecule has 0 radical (unpaired) electrons. The molecular formula is C33H38F3NO4. The number of ether oxygens (including phenoxy) is 1. The molecule has 1 fully saturated rings. The Morgan fingerprint density at radius 2 is 1.39 bits per heavy atom. The summed E-state index contributed by atoms with van der Waals surface area (Å²) in [6, 6.07) is 27.1. The maximum atomic E-state index is 12.1. The number of likely N-dealkylation sites (tertiary alicyclic amines) is 1. The van der Waals surface area contributed by atoms with Crippen LogP contribution in [0.3, 0.4) is 0 Å². The summed E-state index contributed by atoms with van der Waals surface area (Å²) in [4.78, 5) is 11.4. The number of hydrogen-bond acceptors (Lipinski definition) is 4. The molecule has 0 saturated carbocycles. The van der Waals surface area contributed by atoms with Gasteiger partial charge in [-0.3, -0.25) is 0 Å². The van der Waals surface area contributed by atoms with Crippen LogP contribution in [0, 0.1) is 5.92 Å². The molecule has 1 heterocycles. The molecule has 5 rings (SSSR count). The molecule has 1 aliphatic carbocycles. The van der Waals surface area contributed by atoms with Gasteiger partial charge in [0.15, 0.2) is 0 Å². The number of alkyl halides is 3. The number of aliphatic hydroxyl groups is 1. The van der Waals surface area contributed by atoms with Crippen molar-refractivity contribution in [3.05, 3.63) is 101 Å². The third-order valence-corrected chi connectivity index (χ3v) is 8.06. The van der Waals surface area contributed by atoms with Crippen LogP contribution in [-0.4, -0.2) is 53.5 Å². The van der Waals surface area contributed by atoms with Crippen molar-refractivity contribution < 1.29 is 32.9 Å². The Bertz CT molecular complexity index is 1200. The van der Waals surface area contributed by atoms with Crippen molar-refractivity contribution in [2.45, 2.75) is 56.7 Å². The number of aryl methyl sites for hydroxylation is 2. The van der Waals surface area contributed by atoms with Crippen molar-refractivity contribution in [3.63, 3.8) is 0 Å². The molecule has 0 amide bonds. The van der Waals surface area contributed by atoms with Crippen molar-refractivity contribution in [3.8, 4) is 5.75 Å². The van der Waals surface area contributed by atoms with E-state index in [-0.39, 0.29) is 5.92 Å². The van der Waals surface area contributed by atoms with E-state index in [1.807, 2.05) is 36.4 Å². The molecule has 3 aromatic carbocycles. The average molecular weight is 570 g/mol. The average Bonchev–Trinajstić information content (AvgIpc) is 3.00. The van der Waals surface area contributed by atoms with Gasteiger partial charge < -0.3 is 19.8 Å². The van der Waals surface area contributed by atoms with E-state index in [2.05, 4.69) is 47.4 Å². The van der Waals surface area contributed by atoms with E-state index in [1.54, 1.807) is 0 Å². The van der Waals surface area contributed by atoms with Gasteiger partial charge in [-0.25, -0.2) is 4.79 Å². The third kappa shape index (κ3) is 8.11. The van der Waals surface area contributed by atoms with Crippen LogP contribution in [0.2, 0.25) is 0 Å². The van der Waals surface area contributed by atoms with Crippen LogP contribution in [0.1, 0.15) is 54.4 Å². The Morgan fingerprint density at radius 1 is 0.854 bits per heavy atom. The minimum atomic E-state index is -5.08. The molecule has 5 nitrogen and oxygen atoms in total. The summed E-state index contributed by atoms with van der Waals surface area (Å²) in [5, 5.41) is 19.2. The van der Waals surface area contributed by atoms with Crippen molar-refractivity contribution in [1.82, 2.24) is 4.90 Å². The summed E-state index contributed by atoms with van der Waals surface area (Å²) in [5.74, 6) is -1.53. The molecule has 0 bridgehead atoms. The SMILES string of the molecule is O=C(O)C(F)(F)F.OC(c1ccccc1)(c1ccccc1)C1CCN(CCCOc2ccc3c(c2)CCCC3)CC1. The molecule has 220 valence electrons. The van der Waals surface area contributed by atoms with Gasteiger partial charge in [0.05, 0.1) is 6.61 Å². The Balaban J connectivity index is 0.000000493. The van der Waals surface area contributed by atoms with Gasteiger partial charge in [-0.1, -0.05) is 66.7 Å². The molecule has 0 unspecified atom stereocenters. The Labute approximate surface area is 239 Å². The molecule has 8 heteroatoms. The maximum Gasteiger partial charge on any atom is 0.490 e. The van der Waals surface area contributed by atoms with Crippen LogP contribution >= 0.6 is 0 Å². The van der Waals surface area contributed by atoms with Gasteiger partial charge in [-0.2, -0.15) is 13.2 Å². The van der Waals surface area contributed by atoms with Crippen LogP contribution in [-0.2, 0) is 23.2 Å². The lowest BCUT2D eigenvalue weighted by Gasteiger charge is -2.42. The van der Waals surface area contributed by atoms with Gasteiger partial charge in [-0.05, 0) is 98.3 Å². The number of hydrogen-bond donors (Lipinski definition) is 2. The standard InChI is InChI=1S/C31H37NO2.C2HF3O2/c33-31(27-12-3-1-4-13-27,28-14-5-2-6-15-28)29-18-21-32(22-19-29)20-9-23-34-30-17-16-25-10-7-8-11-26(25)24-30;3-2(4,5)1(6)7/h1-6,12-17,24,29,33H,7-11,18-23H2;(H,6,7). The predicted molar refractivity (Wildman–Crippen MR) is 152 cm³/mol. The van der Waals surface area contributed by atoms with Gasteiger partial charge in [-0.15, -0.1) is 0 Å². The number of carboxylic acid groups (broad SMARTS) is 1. The Morgan fingerprint density at radius 3 is 1.93 bits per heavy atom. The van der Waals surface area contributed by atoms with E-state index in [0.29, 0.717) is 0 Å². The number of nitrogens with zero attached hydrogens (tertiary/aromatic N) is 1. The van der Waals surface area contributed by atoms with E-state index in [4.69, 9.17) is 14.6 Å². The zero-order valence-corrected chi connectivity index (χ0v) is 23.2. The van der Waals surface area contributed by atoms with E-state index in [9.17, 15) is 18.3 Å². The lowest BCUT2D eigenvalue weighted by atomic mass is 9.72. The maximum absolute atomic E-state index is 12.1. The zero-order valence-electron chi connectivity index (χ0n) is 23.2. The van der Waals surface area contributed by atoms with Crippen molar-refractivity contribution in [2.75, 3.05) is 26.2 Å². The molecule has 3 aromatic rings. The van der Waals surface area contributed by atoms with E-state index >= 15 is 0 Å². The fourth-order valence-electron chi connectivity index (χ4n) is 5.87. The van der Waals surface area contributed by atoms with Gasteiger partial charge in [0, 0.05) is 6.54 Å². The Kier molecular flexibility index (Phi) is 10.5. The molecular weight excluding hydrogens is 531 g/mol. The van der Waals surface area contributed by atoms with Crippen LogP contribution in [0.5, 0.6) is 5.75 Å². The first-order chi connectivity index (χ1) is 19.7. The van der Waals surface area contributed by atoms with Gasteiger partial charge >= 0.3 is 12.1 Å². The summed E-state index contributed by atoms with van der Waals surface area (Å²) in [7, 11) is 0. The number of carboxylic acids is 1. The highest BCUT2D eigenvalue weighted by molar-refractivity contribution is 5.73. The topological polar surface area (TPSA) is 70.0 Å². The normalized spacial score (nSPS) is 16.3. The fraction of sp³-hybridized carbons (Fsp3) is 0.424. The van der Waals surface area contributed by atoms with Crippen LogP contribution in [0.25, 0.3) is 0 Å². The van der Waals surface area contributed by atoms with Crippen molar-refractivity contribution in [1.29, 1.82) is 0 Å². The zero-order chi connectivity index (χ0) is 29.3. The third-order valence-electron chi connectivity index (χ3n) is 8.06. The summed E-state index contributed by atoms with van der Waals surface area (Å²) in [6.45, 7) is 3.85. The second-order valence-corrected chi connectivity index (χ2v) is 10.8. The van der Waals surface area contributed by atoms with Crippen molar-refractivity contribution in [2.24, 2.45) is 5.92 Å². The smallest absolute Gasteiger partial charge is 0.490 e.